The molecule has 0 radical (unpaired) electrons. The number of aromatic nitrogens is 1. The van der Waals surface area contributed by atoms with Crippen LogP contribution in [0.1, 0.15) is 0 Å². The highest BCUT2D eigenvalue weighted by atomic mass is 28.3. The molecule has 0 spiro atoms. The summed E-state index contributed by atoms with van der Waals surface area (Å²) in [5.74, 6) is 0. The molecule has 1 nitrogen and oxygen atoms in total. The number of nitrogens with zero attached hydrogens (tertiary/aromatic N) is 1. The van der Waals surface area contributed by atoms with E-state index in [1.807, 2.05) is 0 Å². The number of fused-ring (bicyclic) bond motifs is 10. The lowest BCUT2D eigenvalue weighted by Crippen LogP contribution is -2.72. The van der Waals surface area contributed by atoms with Crippen molar-refractivity contribution in [2.24, 2.45) is 0 Å². The zero-order valence-corrected chi connectivity index (χ0v) is 38.3. The molecule has 0 bridgehead atoms. The van der Waals surface area contributed by atoms with Crippen molar-refractivity contribution < 1.29 is 0 Å². The fourth-order valence-electron chi connectivity index (χ4n) is 11.8. The van der Waals surface area contributed by atoms with Gasteiger partial charge >= 0.3 is 0 Å². The minimum Gasteiger partial charge on any atom is -0.316 e. The van der Waals surface area contributed by atoms with Gasteiger partial charge in [-0.15, -0.1) is 0 Å². The second-order valence-corrected chi connectivity index (χ2v) is 22.1. The van der Waals surface area contributed by atoms with Gasteiger partial charge in [0.2, 0.25) is 0 Å². The molecule has 13 aromatic rings. The Hall–Kier alpha value is -8.56. The normalized spacial score (nSPS) is 12.8. The van der Waals surface area contributed by atoms with Gasteiger partial charge in [0.05, 0.1) is 5.52 Å². The Kier molecular flexibility index (Phi) is 8.67. The Balaban J connectivity index is 1.05. The maximum Gasteiger partial charge on any atom is 0.180 e. The number of hydrogen-bond acceptors (Lipinski definition) is 0. The topological polar surface area (TPSA) is 4.93 Å². The second kappa shape index (κ2) is 15.2. The van der Waals surface area contributed by atoms with Crippen LogP contribution < -0.4 is 20.7 Å². The van der Waals surface area contributed by atoms with Crippen molar-refractivity contribution in [1.29, 1.82) is 0 Å². The van der Waals surface area contributed by atoms with E-state index >= 15 is 0 Å². The average molecular weight is 878 g/mol. The molecule has 0 unspecified atom stereocenters. The van der Waals surface area contributed by atoms with Crippen LogP contribution in [0.25, 0.3) is 104 Å². The molecule has 0 aliphatic carbocycles. The van der Waals surface area contributed by atoms with Crippen LogP contribution in [0.2, 0.25) is 0 Å². The molecule has 0 atom stereocenters. The lowest BCUT2D eigenvalue weighted by molar-refractivity contribution is 1.13. The summed E-state index contributed by atoms with van der Waals surface area (Å²) in [4.78, 5) is 0. The van der Waals surface area contributed by atoms with Gasteiger partial charge in [-0.05, 0) is 139 Å². The summed E-state index contributed by atoms with van der Waals surface area (Å²) in [6.07, 6.45) is 2.43. The van der Waals surface area contributed by atoms with E-state index in [0.717, 1.165) is 5.69 Å². The number of rotatable bonds is 6. The molecule has 0 fully saturated rings. The Morgan fingerprint density at radius 1 is 0.265 bits per heavy atom. The van der Waals surface area contributed by atoms with Crippen molar-refractivity contribution >= 4 is 82.8 Å². The van der Waals surface area contributed by atoms with Gasteiger partial charge in [-0.2, -0.15) is 0 Å². The third-order valence-corrected chi connectivity index (χ3v) is 19.7. The van der Waals surface area contributed by atoms with Crippen LogP contribution in [-0.4, -0.2) is 12.6 Å². The van der Waals surface area contributed by atoms with Crippen molar-refractivity contribution in [1.82, 2.24) is 4.57 Å². The van der Waals surface area contributed by atoms with Crippen molar-refractivity contribution in [2.45, 2.75) is 0 Å². The van der Waals surface area contributed by atoms with Crippen molar-refractivity contribution in [3.8, 4) is 50.2 Å². The smallest absolute Gasteiger partial charge is 0.180 e. The van der Waals surface area contributed by atoms with Crippen molar-refractivity contribution in [3.63, 3.8) is 0 Å². The first kappa shape index (κ1) is 38.7. The third-order valence-electron chi connectivity index (χ3n) is 14.9. The molecular weight excluding hydrogens is 835 g/mol. The number of hydrogen-bond donors (Lipinski definition) is 0. The Labute approximate surface area is 396 Å². The zero-order chi connectivity index (χ0) is 44.8. The summed E-state index contributed by atoms with van der Waals surface area (Å²) in [7, 11) is -2.86. The molecule has 0 amide bonds. The molecule has 0 saturated carbocycles. The summed E-state index contributed by atoms with van der Waals surface area (Å²) in [5.41, 5.74) is 12.4. The SMILES string of the molecule is c1ccc(-c2ccc3c(c2)[Si](c2ccccc2)(c2ccccc2)c2cc(-n4cc(-c5cc6ccccc6c6ccccc56)c5cc(-c6cc7ccccc7c7ccccc67)ccc54)ccc2-3)cc1. The standard InChI is InChI=1S/C66H43NSi/c1-4-18-44(19-5-1)45-32-35-58-59-36-34-49(42-66(59)68(65(58)41-45,50-22-6-2-7-23-50)51-24-8-3-9-25-51)67-43-63(61-39-47-21-11-13-27-53(47)55-29-15-17-31-57(55)61)62-40-48(33-37-64(62)67)60-38-46-20-10-12-26-52(46)54-28-14-16-30-56(54)60/h1-43H. The second-order valence-electron chi connectivity index (χ2n) is 18.4. The largest absolute Gasteiger partial charge is 0.316 e. The molecule has 14 rings (SSSR count). The highest BCUT2D eigenvalue weighted by Gasteiger charge is 2.49. The lowest BCUT2D eigenvalue weighted by atomic mass is 9.91. The van der Waals surface area contributed by atoms with E-state index in [-0.39, 0.29) is 0 Å². The fourth-order valence-corrected chi connectivity index (χ4v) is 17.1. The van der Waals surface area contributed by atoms with Crippen LogP contribution in [0.5, 0.6) is 0 Å². The van der Waals surface area contributed by atoms with Gasteiger partial charge in [0, 0.05) is 22.8 Å². The van der Waals surface area contributed by atoms with Gasteiger partial charge in [-0.3, -0.25) is 0 Å². The third kappa shape index (κ3) is 5.75. The number of benzene rings is 12. The first-order valence-corrected chi connectivity index (χ1v) is 25.7. The minimum atomic E-state index is -2.86. The predicted molar refractivity (Wildman–Crippen MR) is 292 cm³/mol. The van der Waals surface area contributed by atoms with Gasteiger partial charge < -0.3 is 4.57 Å². The monoisotopic (exact) mass is 877 g/mol. The first-order valence-electron chi connectivity index (χ1n) is 23.7. The Morgan fingerprint density at radius 2 is 0.750 bits per heavy atom. The molecule has 2 heteroatoms. The Morgan fingerprint density at radius 3 is 1.38 bits per heavy atom. The average Bonchev–Trinajstić information content (AvgIpc) is 3.94. The summed E-state index contributed by atoms with van der Waals surface area (Å²) < 4.78 is 2.48. The van der Waals surface area contributed by atoms with Gasteiger partial charge in [0.15, 0.2) is 8.07 Å². The van der Waals surface area contributed by atoms with Crippen molar-refractivity contribution in [3.05, 3.63) is 261 Å². The maximum absolute atomic E-state index is 2.86. The molecule has 0 N–H and O–H groups in total. The molecule has 68 heavy (non-hydrogen) atoms. The highest BCUT2D eigenvalue weighted by Crippen LogP contribution is 2.43. The molecule has 1 aromatic heterocycles. The predicted octanol–water partition coefficient (Wildman–Crippen LogP) is 14.6. The molecule has 1 aliphatic rings. The molecule has 2 heterocycles. The summed E-state index contributed by atoms with van der Waals surface area (Å²) in [6, 6.07) is 95.6. The quantitative estimate of drug-likeness (QED) is 0.116. The first-order chi connectivity index (χ1) is 33.7. The summed E-state index contributed by atoms with van der Waals surface area (Å²) >= 11 is 0. The van der Waals surface area contributed by atoms with Gasteiger partial charge in [0.1, 0.15) is 0 Å². The van der Waals surface area contributed by atoms with E-state index in [0.29, 0.717) is 0 Å². The van der Waals surface area contributed by atoms with Crippen LogP contribution >= 0.6 is 0 Å². The van der Waals surface area contributed by atoms with Crippen molar-refractivity contribution in [2.75, 3.05) is 0 Å². The van der Waals surface area contributed by atoms with Gasteiger partial charge in [-0.1, -0.05) is 218 Å². The highest BCUT2D eigenvalue weighted by molar-refractivity contribution is 7.22. The zero-order valence-electron chi connectivity index (χ0n) is 37.3. The lowest BCUT2D eigenvalue weighted by Gasteiger charge is -2.32. The molecule has 0 saturated heterocycles. The van der Waals surface area contributed by atoms with E-state index in [1.165, 1.54) is 119 Å². The summed E-state index contributed by atoms with van der Waals surface area (Å²) in [6.45, 7) is 0. The molecular formula is C66H43NSi. The van der Waals surface area contributed by atoms with E-state index < -0.39 is 8.07 Å². The maximum atomic E-state index is 2.55. The fraction of sp³-hybridized carbons (Fsp3) is 0. The summed E-state index contributed by atoms with van der Waals surface area (Å²) in [5, 5.41) is 17.0. The van der Waals surface area contributed by atoms with E-state index in [9.17, 15) is 0 Å². The van der Waals surface area contributed by atoms with Crippen LogP contribution in [0.15, 0.2) is 261 Å². The molecule has 316 valence electrons. The van der Waals surface area contributed by atoms with E-state index in [1.54, 1.807) is 0 Å². The van der Waals surface area contributed by atoms with E-state index in [4.69, 9.17) is 0 Å². The van der Waals surface area contributed by atoms with E-state index in [2.05, 4.69) is 266 Å². The minimum absolute atomic E-state index is 1.16. The van der Waals surface area contributed by atoms with Gasteiger partial charge in [0.25, 0.3) is 0 Å². The Bertz CT molecular complexity index is 4090. The molecule has 1 aliphatic heterocycles. The van der Waals surface area contributed by atoms with Gasteiger partial charge in [-0.25, -0.2) is 0 Å². The van der Waals surface area contributed by atoms with Crippen LogP contribution in [-0.2, 0) is 0 Å². The van der Waals surface area contributed by atoms with Crippen LogP contribution in [0, 0.1) is 0 Å². The van der Waals surface area contributed by atoms with Crippen LogP contribution in [0.4, 0.5) is 0 Å². The molecule has 12 aromatic carbocycles. The van der Waals surface area contributed by atoms with Crippen LogP contribution in [0.3, 0.4) is 0 Å².